The highest BCUT2D eigenvalue weighted by atomic mass is 32.1. The highest BCUT2D eigenvalue weighted by molar-refractivity contribution is 7.80. The number of carbonyl (C=O) groups excluding carboxylic acids is 4. The average Bonchev–Trinajstić information content (AvgIpc) is 2.77. The summed E-state index contributed by atoms with van der Waals surface area (Å²) in [6, 6.07) is 3.14. The summed E-state index contributed by atoms with van der Waals surface area (Å²) in [5, 5.41) is 14.7. The van der Waals surface area contributed by atoms with Gasteiger partial charge < -0.3 is 30.1 Å². The van der Waals surface area contributed by atoms with Gasteiger partial charge in [0.1, 0.15) is 30.0 Å². The lowest BCUT2D eigenvalue weighted by atomic mass is 10.00. The van der Waals surface area contributed by atoms with E-state index < -0.39 is 54.1 Å². The summed E-state index contributed by atoms with van der Waals surface area (Å²) < 4.78 is 9.84. The van der Waals surface area contributed by atoms with E-state index in [1.165, 1.54) is 36.3 Å². The molecule has 0 fully saturated rings. The quantitative estimate of drug-likeness (QED) is 0.287. The minimum absolute atomic E-state index is 0.0151. The molecule has 0 aliphatic rings. The molecule has 10 nitrogen and oxygen atoms in total. The molecular formula is C23H35N3O7S. The molecule has 1 aromatic carbocycles. The monoisotopic (exact) mass is 497 g/mol. The number of thiol groups is 1. The molecule has 3 amide bonds. The number of phenols is 1. The number of alkyl carbamates (subject to hydrolysis) is 1. The highest BCUT2D eigenvalue weighted by Crippen LogP contribution is 2.27. The normalized spacial score (nSPS) is 13.7. The van der Waals surface area contributed by atoms with Gasteiger partial charge in [0.15, 0.2) is 0 Å². The second-order valence-corrected chi connectivity index (χ2v) is 9.04. The summed E-state index contributed by atoms with van der Waals surface area (Å²) in [5.74, 6) is -1.89. The molecule has 1 rings (SSSR count). The Labute approximate surface area is 205 Å². The molecule has 3 atom stereocenters. The standard InChI is InChI=1S/C23H35N3O7S/c1-7-14(2)26(21(30)17(13-34)25-22(31)33-23(3,4)5)19(15-8-10-16(27)11-9-15)20(29)24-12-18(28)32-6/h8-11,14,17,19,27,34H,7,12-13H2,1-6H3,(H,24,29)(H,25,31). The third-order valence-corrected chi connectivity index (χ3v) is 5.23. The van der Waals surface area contributed by atoms with Crippen LogP contribution in [0.25, 0.3) is 0 Å². The number of rotatable bonds is 10. The molecule has 0 saturated carbocycles. The number of amides is 3. The van der Waals surface area contributed by atoms with Crippen molar-refractivity contribution in [3.8, 4) is 5.75 Å². The Balaban J connectivity index is 3.39. The van der Waals surface area contributed by atoms with Crippen molar-refractivity contribution in [2.45, 2.75) is 64.8 Å². The number of nitrogens with zero attached hydrogens (tertiary/aromatic N) is 1. The highest BCUT2D eigenvalue weighted by Gasteiger charge is 2.38. The molecule has 0 spiro atoms. The van der Waals surface area contributed by atoms with E-state index in [1.54, 1.807) is 27.7 Å². The van der Waals surface area contributed by atoms with Gasteiger partial charge in [-0.15, -0.1) is 0 Å². The van der Waals surface area contributed by atoms with Crippen molar-refractivity contribution in [2.24, 2.45) is 0 Å². The predicted octanol–water partition coefficient (Wildman–Crippen LogP) is 2.17. The Bertz CT molecular complexity index is 855. The fraction of sp³-hybridized carbons (Fsp3) is 0.565. The van der Waals surface area contributed by atoms with Crippen molar-refractivity contribution in [1.29, 1.82) is 0 Å². The molecule has 0 aromatic heterocycles. The third-order valence-electron chi connectivity index (χ3n) is 4.86. The van der Waals surface area contributed by atoms with Crippen LogP contribution in [-0.2, 0) is 23.9 Å². The van der Waals surface area contributed by atoms with Crippen LogP contribution < -0.4 is 10.6 Å². The number of aromatic hydroxyl groups is 1. The second kappa shape index (κ2) is 13.1. The van der Waals surface area contributed by atoms with Gasteiger partial charge in [-0.1, -0.05) is 19.1 Å². The Morgan fingerprint density at radius 3 is 2.21 bits per heavy atom. The molecule has 0 radical (unpaired) electrons. The zero-order valence-electron chi connectivity index (χ0n) is 20.5. The van der Waals surface area contributed by atoms with Gasteiger partial charge in [-0.2, -0.15) is 12.6 Å². The van der Waals surface area contributed by atoms with Gasteiger partial charge >= 0.3 is 12.1 Å². The zero-order chi connectivity index (χ0) is 26.1. The van der Waals surface area contributed by atoms with Gasteiger partial charge in [0.05, 0.1) is 7.11 Å². The summed E-state index contributed by atoms with van der Waals surface area (Å²) >= 11 is 4.22. The second-order valence-electron chi connectivity index (χ2n) is 8.67. The van der Waals surface area contributed by atoms with Crippen molar-refractivity contribution in [1.82, 2.24) is 15.5 Å². The molecule has 3 unspecified atom stereocenters. The first-order chi connectivity index (χ1) is 15.8. The molecule has 3 N–H and O–H groups in total. The first-order valence-corrected chi connectivity index (χ1v) is 11.5. The van der Waals surface area contributed by atoms with Crippen molar-refractivity contribution in [3.63, 3.8) is 0 Å². The SMILES string of the molecule is CCC(C)N(C(=O)C(CS)NC(=O)OC(C)(C)C)C(C(=O)NCC(=O)OC)c1ccc(O)cc1. The van der Waals surface area contributed by atoms with Gasteiger partial charge in [0, 0.05) is 11.8 Å². The van der Waals surface area contributed by atoms with Crippen LogP contribution in [-0.4, -0.2) is 71.0 Å². The van der Waals surface area contributed by atoms with E-state index in [0.29, 0.717) is 12.0 Å². The number of ether oxygens (including phenoxy) is 2. The van der Waals surface area contributed by atoms with E-state index in [9.17, 15) is 24.3 Å². The summed E-state index contributed by atoms with van der Waals surface area (Å²) in [6.45, 7) is 8.31. The number of hydrogen-bond acceptors (Lipinski definition) is 8. The van der Waals surface area contributed by atoms with Crippen molar-refractivity contribution >= 4 is 36.5 Å². The number of hydrogen-bond donors (Lipinski definition) is 4. The van der Waals surface area contributed by atoms with Gasteiger partial charge in [0.2, 0.25) is 11.8 Å². The van der Waals surface area contributed by atoms with Crippen molar-refractivity contribution in [2.75, 3.05) is 19.4 Å². The number of phenolic OH excluding ortho intramolecular Hbond substituents is 1. The Kier molecular flexibility index (Phi) is 11.2. The third kappa shape index (κ3) is 8.77. The maximum atomic E-state index is 13.6. The topological polar surface area (TPSA) is 134 Å². The van der Waals surface area contributed by atoms with Gasteiger partial charge in [0.25, 0.3) is 0 Å². The van der Waals surface area contributed by atoms with E-state index in [1.807, 2.05) is 6.92 Å². The first kappa shape index (κ1) is 29.1. The summed E-state index contributed by atoms with van der Waals surface area (Å²) in [5.41, 5.74) is -0.364. The van der Waals surface area contributed by atoms with Crippen molar-refractivity contribution in [3.05, 3.63) is 29.8 Å². The minimum Gasteiger partial charge on any atom is -0.508 e. The van der Waals surface area contributed by atoms with E-state index in [2.05, 4.69) is 28.0 Å². The van der Waals surface area contributed by atoms with E-state index in [-0.39, 0.29) is 11.5 Å². The molecule has 0 aliphatic heterocycles. The maximum Gasteiger partial charge on any atom is 0.408 e. The van der Waals surface area contributed by atoms with E-state index >= 15 is 0 Å². The molecule has 0 aliphatic carbocycles. The summed E-state index contributed by atoms with van der Waals surface area (Å²) in [4.78, 5) is 52.1. The van der Waals surface area contributed by atoms with Crippen LogP contribution in [0.1, 0.15) is 52.6 Å². The van der Waals surface area contributed by atoms with Crippen LogP contribution in [0.5, 0.6) is 5.75 Å². The number of carbonyl (C=O) groups is 4. The Morgan fingerprint density at radius 2 is 1.74 bits per heavy atom. The smallest absolute Gasteiger partial charge is 0.408 e. The van der Waals surface area contributed by atoms with Crippen LogP contribution in [0.3, 0.4) is 0 Å². The molecule has 34 heavy (non-hydrogen) atoms. The summed E-state index contributed by atoms with van der Waals surface area (Å²) in [7, 11) is 1.20. The lowest BCUT2D eigenvalue weighted by Crippen LogP contribution is -2.56. The van der Waals surface area contributed by atoms with Crippen LogP contribution >= 0.6 is 12.6 Å². The van der Waals surface area contributed by atoms with Crippen LogP contribution in [0.4, 0.5) is 4.79 Å². The zero-order valence-corrected chi connectivity index (χ0v) is 21.3. The fourth-order valence-electron chi connectivity index (χ4n) is 3.03. The Morgan fingerprint density at radius 1 is 1.15 bits per heavy atom. The fourth-order valence-corrected chi connectivity index (χ4v) is 3.28. The molecule has 0 bridgehead atoms. The molecule has 0 saturated heterocycles. The largest absolute Gasteiger partial charge is 0.508 e. The lowest BCUT2D eigenvalue weighted by Gasteiger charge is -2.38. The molecule has 190 valence electrons. The van der Waals surface area contributed by atoms with Crippen molar-refractivity contribution < 1.29 is 33.8 Å². The summed E-state index contributed by atoms with van der Waals surface area (Å²) in [6.07, 6.45) is -0.295. The first-order valence-electron chi connectivity index (χ1n) is 10.9. The van der Waals surface area contributed by atoms with Gasteiger partial charge in [-0.05, 0) is 51.8 Å². The van der Waals surface area contributed by atoms with Gasteiger partial charge in [-0.3, -0.25) is 14.4 Å². The van der Waals surface area contributed by atoms with E-state index in [4.69, 9.17) is 4.74 Å². The average molecular weight is 498 g/mol. The molecular weight excluding hydrogens is 462 g/mol. The molecule has 0 heterocycles. The maximum absolute atomic E-state index is 13.6. The molecule has 1 aromatic rings. The minimum atomic E-state index is -1.16. The number of nitrogens with one attached hydrogen (secondary N) is 2. The van der Waals surface area contributed by atoms with E-state index in [0.717, 1.165) is 0 Å². The lowest BCUT2D eigenvalue weighted by molar-refractivity contribution is -0.146. The predicted molar refractivity (Wildman–Crippen MR) is 129 cm³/mol. The van der Waals surface area contributed by atoms with Gasteiger partial charge in [-0.25, -0.2) is 4.79 Å². The van der Waals surface area contributed by atoms with Crippen LogP contribution in [0.15, 0.2) is 24.3 Å². The number of benzene rings is 1. The number of methoxy groups -OCH3 is 1. The van der Waals surface area contributed by atoms with Crippen LogP contribution in [0, 0.1) is 0 Å². The Hall–Kier alpha value is -2.95. The molecule has 11 heteroatoms. The number of esters is 1. The van der Waals surface area contributed by atoms with Crippen LogP contribution in [0.2, 0.25) is 0 Å².